The fraction of sp³-hybridized carbons (Fsp3) is 0.385. The van der Waals surface area contributed by atoms with Crippen LogP contribution in [-0.2, 0) is 11.3 Å². The number of carbonyl (C=O) groups is 1. The van der Waals surface area contributed by atoms with Crippen molar-refractivity contribution in [2.75, 3.05) is 20.2 Å². The van der Waals surface area contributed by atoms with Gasteiger partial charge >= 0.3 is 0 Å². The summed E-state index contributed by atoms with van der Waals surface area (Å²) in [4.78, 5) is 11.4. The van der Waals surface area contributed by atoms with Gasteiger partial charge in [-0.15, -0.1) is 0 Å². The van der Waals surface area contributed by atoms with E-state index in [-0.39, 0.29) is 18.9 Å². The van der Waals surface area contributed by atoms with E-state index in [2.05, 4.69) is 10.6 Å². The highest BCUT2D eigenvalue weighted by Crippen LogP contribution is 2.25. The molecule has 0 radical (unpaired) electrons. The molecule has 0 atom stereocenters. The summed E-state index contributed by atoms with van der Waals surface area (Å²) >= 11 is 6.05. The second-order valence-electron chi connectivity index (χ2n) is 3.84. The van der Waals surface area contributed by atoms with Crippen LogP contribution in [0.15, 0.2) is 18.2 Å². The molecule has 0 saturated carbocycles. The Morgan fingerprint density at radius 3 is 2.95 bits per heavy atom. The predicted molar refractivity (Wildman–Crippen MR) is 73.0 cm³/mol. The first kappa shape index (κ1) is 15.3. The molecule has 0 aliphatic rings. The topological polar surface area (TPSA) is 74.2 Å². The molecular weight excluding hydrogens is 266 g/mol. The summed E-state index contributed by atoms with van der Waals surface area (Å²) < 4.78 is 5.32. The molecule has 0 aliphatic carbocycles. The molecule has 5 nitrogen and oxygen atoms in total. The third-order valence-electron chi connectivity index (χ3n) is 2.29. The second kappa shape index (κ2) is 8.35. The van der Waals surface area contributed by atoms with Gasteiger partial charge in [0.1, 0.15) is 5.75 Å². The number of rotatable bonds is 7. The van der Waals surface area contributed by atoms with Crippen LogP contribution in [0.5, 0.6) is 5.75 Å². The number of ether oxygens (including phenoxy) is 1. The number of halogens is 1. The van der Waals surface area contributed by atoms with Crippen molar-refractivity contribution in [1.82, 2.24) is 10.6 Å². The maximum atomic E-state index is 11.4. The minimum absolute atomic E-state index is 0.115. The molecule has 1 amide bonds. The van der Waals surface area contributed by atoms with Gasteiger partial charge in [-0.25, -0.2) is 0 Å². The van der Waals surface area contributed by atoms with Crippen LogP contribution in [0.4, 0.5) is 0 Å². The zero-order chi connectivity index (χ0) is 14.1. The number of nitriles is 1. The average molecular weight is 282 g/mol. The number of amides is 1. The summed E-state index contributed by atoms with van der Waals surface area (Å²) in [6.07, 6.45) is 0.283. The number of nitrogens with zero attached hydrogens (tertiary/aromatic N) is 1. The van der Waals surface area contributed by atoms with Gasteiger partial charge < -0.3 is 15.4 Å². The summed E-state index contributed by atoms with van der Waals surface area (Å²) in [6.45, 7) is 0.929. The van der Waals surface area contributed by atoms with E-state index < -0.39 is 0 Å². The Hall–Kier alpha value is -1.77. The molecule has 0 unspecified atom stereocenters. The van der Waals surface area contributed by atoms with Crippen LogP contribution < -0.4 is 15.4 Å². The molecule has 0 aliphatic heterocycles. The Morgan fingerprint density at radius 1 is 1.53 bits per heavy atom. The molecule has 19 heavy (non-hydrogen) atoms. The molecular formula is C13H16ClN3O2. The third-order valence-corrected chi connectivity index (χ3v) is 2.59. The van der Waals surface area contributed by atoms with E-state index in [0.717, 1.165) is 5.56 Å². The molecule has 102 valence electrons. The molecule has 0 heterocycles. The Morgan fingerprint density at radius 2 is 2.32 bits per heavy atom. The highest BCUT2D eigenvalue weighted by atomic mass is 35.5. The van der Waals surface area contributed by atoms with Gasteiger partial charge in [-0.1, -0.05) is 17.7 Å². The monoisotopic (exact) mass is 281 g/mol. The van der Waals surface area contributed by atoms with Gasteiger partial charge in [-0.05, 0) is 24.7 Å². The Bertz CT molecular complexity index is 471. The maximum Gasteiger partial charge on any atom is 0.257 e. The van der Waals surface area contributed by atoms with Crippen molar-refractivity contribution in [3.05, 3.63) is 28.8 Å². The minimum Gasteiger partial charge on any atom is -0.482 e. The number of nitrogens with one attached hydrogen (secondary N) is 2. The van der Waals surface area contributed by atoms with Gasteiger partial charge in [0.25, 0.3) is 5.91 Å². The number of benzene rings is 1. The number of carbonyl (C=O) groups excluding carboxylic acids is 1. The van der Waals surface area contributed by atoms with Crippen molar-refractivity contribution in [3.8, 4) is 11.8 Å². The zero-order valence-electron chi connectivity index (χ0n) is 10.7. The van der Waals surface area contributed by atoms with Crippen LogP contribution in [0.25, 0.3) is 0 Å². The van der Waals surface area contributed by atoms with Gasteiger partial charge in [-0.3, -0.25) is 4.79 Å². The highest BCUT2D eigenvalue weighted by Gasteiger charge is 2.06. The molecule has 1 rings (SSSR count). The number of hydrogen-bond acceptors (Lipinski definition) is 4. The molecule has 0 bridgehead atoms. The fourth-order valence-electron chi connectivity index (χ4n) is 1.43. The predicted octanol–water partition coefficient (Wildman–Crippen LogP) is 1.47. The van der Waals surface area contributed by atoms with Crippen LogP contribution >= 0.6 is 11.6 Å². The molecule has 2 N–H and O–H groups in total. The Kier molecular flexibility index (Phi) is 6.72. The van der Waals surface area contributed by atoms with Crippen molar-refractivity contribution in [1.29, 1.82) is 5.26 Å². The fourth-order valence-corrected chi connectivity index (χ4v) is 1.69. The van der Waals surface area contributed by atoms with E-state index in [0.29, 0.717) is 23.9 Å². The maximum absolute atomic E-state index is 11.4. The molecule has 0 saturated heterocycles. The first-order chi connectivity index (χ1) is 9.17. The van der Waals surface area contributed by atoms with Crippen molar-refractivity contribution >= 4 is 17.5 Å². The lowest BCUT2D eigenvalue weighted by atomic mass is 10.2. The van der Waals surface area contributed by atoms with E-state index >= 15 is 0 Å². The standard InChI is InChI=1S/C13H16ClN3O2/c1-16-8-10-3-4-12(11(14)7-10)19-9-13(18)17-6-2-5-15/h3-4,7,16H,2,6,8-9H2,1H3,(H,17,18). The summed E-state index contributed by atoms with van der Waals surface area (Å²) in [5.41, 5.74) is 1.04. The highest BCUT2D eigenvalue weighted by molar-refractivity contribution is 6.32. The third kappa shape index (κ3) is 5.60. The van der Waals surface area contributed by atoms with Crippen molar-refractivity contribution < 1.29 is 9.53 Å². The van der Waals surface area contributed by atoms with E-state index in [1.54, 1.807) is 12.1 Å². The summed E-state index contributed by atoms with van der Waals surface area (Å²) in [7, 11) is 1.85. The van der Waals surface area contributed by atoms with Gasteiger partial charge in [-0.2, -0.15) is 5.26 Å². The molecule has 0 aromatic heterocycles. The van der Waals surface area contributed by atoms with E-state index in [1.165, 1.54) is 0 Å². The van der Waals surface area contributed by atoms with Crippen LogP contribution in [0.3, 0.4) is 0 Å². The molecule has 6 heteroatoms. The lowest BCUT2D eigenvalue weighted by molar-refractivity contribution is -0.123. The van der Waals surface area contributed by atoms with Crippen molar-refractivity contribution in [3.63, 3.8) is 0 Å². The summed E-state index contributed by atoms with van der Waals surface area (Å²) in [6, 6.07) is 7.35. The minimum atomic E-state index is -0.273. The first-order valence-corrected chi connectivity index (χ1v) is 6.24. The Labute approximate surface area is 117 Å². The van der Waals surface area contributed by atoms with Crippen LogP contribution in [0.1, 0.15) is 12.0 Å². The van der Waals surface area contributed by atoms with Crippen LogP contribution in [0, 0.1) is 11.3 Å². The Balaban J connectivity index is 2.45. The van der Waals surface area contributed by atoms with E-state index in [9.17, 15) is 4.79 Å². The second-order valence-corrected chi connectivity index (χ2v) is 4.25. The van der Waals surface area contributed by atoms with Gasteiger partial charge in [0.15, 0.2) is 6.61 Å². The molecule has 0 fully saturated rings. The molecule has 1 aromatic carbocycles. The zero-order valence-corrected chi connectivity index (χ0v) is 11.5. The van der Waals surface area contributed by atoms with Gasteiger partial charge in [0, 0.05) is 13.1 Å². The summed E-state index contributed by atoms with van der Waals surface area (Å²) in [5, 5.41) is 14.4. The molecule has 0 spiro atoms. The van der Waals surface area contributed by atoms with Crippen molar-refractivity contribution in [2.24, 2.45) is 0 Å². The lowest BCUT2D eigenvalue weighted by Gasteiger charge is -2.09. The lowest BCUT2D eigenvalue weighted by Crippen LogP contribution is -2.29. The largest absolute Gasteiger partial charge is 0.482 e. The number of hydrogen-bond donors (Lipinski definition) is 2. The van der Waals surface area contributed by atoms with Gasteiger partial charge in [0.05, 0.1) is 17.5 Å². The van der Waals surface area contributed by atoms with Crippen LogP contribution in [-0.4, -0.2) is 26.1 Å². The van der Waals surface area contributed by atoms with E-state index in [4.69, 9.17) is 21.6 Å². The van der Waals surface area contributed by atoms with Crippen LogP contribution in [0.2, 0.25) is 5.02 Å². The van der Waals surface area contributed by atoms with Crippen molar-refractivity contribution in [2.45, 2.75) is 13.0 Å². The van der Waals surface area contributed by atoms with E-state index in [1.807, 2.05) is 19.2 Å². The quantitative estimate of drug-likeness (QED) is 0.742. The molecule has 1 aromatic rings. The van der Waals surface area contributed by atoms with Gasteiger partial charge in [0.2, 0.25) is 0 Å². The summed E-state index contributed by atoms with van der Waals surface area (Å²) in [5.74, 6) is 0.197. The smallest absolute Gasteiger partial charge is 0.257 e. The average Bonchev–Trinajstić information content (AvgIpc) is 2.38. The first-order valence-electron chi connectivity index (χ1n) is 5.87. The SMILES string of the molecule is CNCc1ccc(OCC(=O)NCCC#N)c(Cl)c1. The normalized spacial score (nSPS) is 9.74.